The van der Waals surface area contributed by atoms with Crippen LogP contribution in [0.15, 0.2) is 0 Å². The molecule has 1 heterocycles. The molecule has 0 aromatic heterocycles. The van der Waals surface area contributed by atoms with Crippen LogP contribution in [0, 0.1) is 11.3 Å². The van der Waals surface area contributed by atoms with E-state index in [0.29, 0.717) is 6.04 Å². The highest BCUT2D eigenvalue weighted by molar-refractivity contribution is 5.79. The molecule has 0 aliphatic carbocycles. The fourth-order valence-electron chi connectivity index (χ4n) is 2.05. The predicted octanol–water partition coefficient (Wildman–Crippen LogP) is 2.88. The highest BCUT2D eigenvalue weighted by Gasteiger charge is 2.23. The molecule has 1 rings (SSSR count). The normalized spacial score (nSPS) is 29.0. The monoisotopic (exact) mass is 182 g/mol. The lowest BCUT2D eigenvalue weighted by Gasteiger charge is -2.38. The highest BCUT2D eigenvalue weighted by atomic mass is 15.2. The Morgan fingerprint density at radius 3 is 2.69 bits per heavy atom. The number of hydrogen-bond donors (Lipinski definition) is 1. The van der Waals surface area contributed by atoms with Crippen LogP contribution in [0.5, 0.6) is 0 Å². The molecule has 2 nitrogen and oxygen atoms in total. The minimum Gasteiger partial charge on any atom is -0.358 e. The van der Waals surface area contributed by atoms with Crippen molar-refractivity contribution in [3.05, 3.63) is 0 Å². The molecule has 2 unspecified atom stereocenters. The average Bonchev–Trinajstić information content (AvgIpc) is 2.09. The van der Waals surface area contributed by atoms with Crippen LogP contribution in [-0.4, -0.2) is 23.3 Å². The Morgan fingerprint density at radius 2 is 2.08 bits per heavy atom. The van der Waals surface area contributed by atoms with Gasteiger partial charge in [0.1, 0.15) is 0 Å². The van der Waals surface area contributed by atoms with Crippen molar-refractivity contribution in [2.24, 2.45) is 5.92 Å². The maximum absolute atomic E-state index is 7.93. The van der Waals surface area contributed by atoms with Crippen LogP contribution in [0.4, 0.5) is 0 Å². The molecule has 1 aliphatic rings. The van der Waals surface area contributed by atoms with Gasteiger partial charge in [-0.3, -0.25) is 5.41 Å². The molecule has 13 heavy (non-hydrogen) atoms. The first-order valence-electron chi connectivity index (χ1n) is 5.49. The minimum atomic E-state index is 0.593. The van der Waals surface area contributed by atoms with Crippen molar-refractivity contribution in [2.75, 3.05) is 6.54 Å². The van der Waals surface area contributed by atoms with Crippen molar-refractivity contribution in [3.63, 3.8) is 0 Å². The third-order valence-corrected chi connectivity index (χ3v) is 2.95. The molecule has 0 amide bonds. The van der Waals surface area contributed by atoms with Gasteiger partial charge in [0.25, 0.3) is 0 Å². The summed E-state index contributed by atoms with van der Waals surface area (Å²) in [5.41, 5.74) is 0. The number of piperidine rings is 1. The van der Waals surface area contributed by atoms with E-state index in [0.717, 1.165) is 31.1 Å². The molecule has 1 saturated heterocycles. The second-order valence-corrected chi connectivity index (χ2v) is 4.38. The zero-order valence-corrected chi connectivity index (χ0v) is 9.14. The SMILES string of the molecule is CCCC(=N)N1CC(C)CCC1C. The number of likely N-dealkylation sites (tertiary alicyclic amines) is 1. The molecule has 0 bridgehead atoms. The lowest BCUT2D eigenvalue weighted by Crippen LogP contribution is -2.44. The summed E-state index contributed by atoms with van der Waals surface area (Å²) in [4.78, 5) is 2.29. The number of nitrogens with zero attached hydrogens (tertiary/aromatic N) is 1. The third-order valence-electron chi connectivity index (χ3n) is 2.95. The molecule has 0 saturated carbocycles. The van der Waals surface area contributed by atoms with Gasteiger partial charge >= 0.3 is 0 Å². The van der Waals surface area contributed by atoms with Gasteiger partial charge in [0.2, 0.25) is 0 Å². The van der Waals surface area contributed by atoms with Crippen molar-refractivity contribution in [2.45, 2.75) is 52.5 Å². The summed E-state index contributed by atoms with van der Waals surface area (Å²) in [6.07, 6.45) is 4.62. The second kappa shape index (κ2) is 4.64. The quantitative estimate of drug-likeness (QED) is 0.516. The average molecular weight is 182 g/mol. The van der Waals surface area contributed by atoms with Crippen LogP contribution in [0.1, 0.15) is 46.5 Å². The van der Waals surface area contributed by atoms with Crippen molar-refractivity contribution in [1.29, 1.82) is 5.41 Å². The highest BCUT2D eigenvalue weighted by Crippen LogP contribution is 2.22. The van der Waals surface area contributed by atoms with Gasteiger partial charge < -0.3 is 4.90 Å². The molecular weight excluding hydrogens is 160 g/mol. The molecule has 2 heteroatoms. The van der Waals surface area contributed by atoms with E-state index in [2.05, 4.69) is 25.7 Å². The van der Waals surface area contributed by atoms with Gasteiger partial charge in [0.05, 0.1) is 5.84 Å². The van der Waals surface area contributed by atoms with Crippen molar-refractivity contribution in [3.8, 4) is 0 Å². The Kier molecular flexibility index (Phi) is 3.76. The van der Waals surface area contributed by atoms with Crippen LogP contribution >= 0.6 is 0 Å². The molecule has 76 valence electrons. The Bertz CT molecular complexity index is 177. The topological polar surface area (TPSA) is 27.1 Å². The lowest BCUT2D eigenvalue weighted by molar-refractivity contribution is 0.202. The molecule has 0 radical (unpaired) electrons. The lowest BCUT2D eigenvalue weighted by atomic mass is 9.94. The van der Waals surface area contributed by atoms with Gasteiger partial charge in [-0.2, -0.15) is 0 Å². The Hall–Kier alpha value is -0.530. The standard InChI is InChI=1S/C11H22N2/c1-4-5-11(12)13-8-9(2)6-7-10(13)3/h9-10,12H,4-8H2,1-3H3. The van der Waals surface area contributed by atoms with Crippen LogP contribution in [-0.2, 0) is 0 Å². The zero-order valence-electron chi connectivity index (χ0n) is 9.14. The van der Waals surface area contributed by atoms with Crippen molar-refractivity contribution >= 4 is 5.84 Å². The molecule has 1 aliphatic heterocycles. The smallest absolute Gasteiger partial charge is 0.0960 e. The van der Waals surface area contributed by atoms with E-state index in [1.807, 2.05) is 0 Å². The summed E-state index contributed by atoms with van der Waals surface area (Å²) in [5.74, 6) is 1.62. The summed E-state index contributed by atoms with van der Waals surface area (Å²) in [7, 11) is 0. The van der Waals surface area contributed by atoms with E-state index >= 15 is 0 Å². The summed E-state index contributed by atoms with van der Waals surface area (Å²) < 4.78 is 0. The van der Waals surface area contributed by atoms with Gasteiger partial charge in [0.15, 0.2) is 0 Å². The van der Waals surface area contributed by atoms with Crippen molar-refractivity contribution < 1.29 is 0 Å². The molecule has 1 fully saturated rings. The van der Waals surface area contributed by atoms with Crippen LogP contribution in [0.2, 0.25) is 0 Å². The van der Waals surface area contributed by atoms with Crippen LogP contribution in [0.3, 0.4) is 0 Å². The Labute approximate surface area is 81.8 Å². The third kappa shape index (κ3) is 2.71. The van der Waals surface area contributed by atoms with E-state index in [9.17, 15) is 0 Å². The molecule has 2 atom stereocenters. The predicted molar refractivity (Wildman–Crippen MR) is 57.2 cm³/mol. The number of hydrogen-bond acceptors (Lipinski definition) is 1. The number of amidine groups is 1. The summed E-state index contributed by atoms with van der Waals surface area (Å²) in [6.45, 7) is 7.78. The maximum atomic E-state index is 7.93. The fraction of sp³-hybridized carbons (Fsp3) is 0.909. The van der Waals surface area contributed by atoms with Gasteiger partial charge in [0, 0.05) is 19.0 Å². The van der Waals surface area contributed by atoms with Crippen LogP contribution in [0.25, 0.3) is 0 Å². The molecule has 0 aromatic rings. The summed E-state index contributed by atoms with van der Waals surface area (Å²) in [6, 6.07) is 0.593. The van der Waals surface area contributed by atoms with E-state index in [1.165, 1.54) is 12.8 Å². The first-order valence-corrected chi connectivity index (χ1v) is 5.49. The van der Waals surface area contributed by atoms with Crippen molar-refractivity contribution in [1.82, 2.24) is 4.90 Å². The fourth-order valence-corrected chi connectivity index (χ4v) is 2.05. The van der Waals surface area contributed by atoms with E-state index < -0.39 is 0 Å². The summed E-state index contributed by atoms with van der Waals surface area (Å²) >= 11 is 0. The first-order chi connectivity index (χ1) is 6.15. The molecule has 0 aromatic carbocycles. The van der Waals surface area contributed by atoms with E-state index in [-0.39, 0.29) is 0 Å². The van der Waals surface area contributed by atoms with Gasteiger partial charge in [-0.15, -0.1) is 0 Å². The van der Waals surface area contributed by atoms with E-state index in [4.69, 9.17) is 5.41 Å². The van der Waals surface area contributed by atoms with E-state index in [1.54, 1.807) is 0 Å². The Morgan fingerprint density at radius 1 is 1.38 bits per heavy atom. The van der Waals surface area contributed by atoms with Gasteiger partial charge in [-0.05, 0) is 32.1 Å². The Balaban J connectivity index is 2.50. The number of nitrogens with one attached hydrogen (secondary N) is 1. The largest absolute Gasteiger partial charge is 0.358 e. The first kappa shape index (κ1) is 10.6. The van der Waals surface area contributed by atoms with Gasteiger partial charge in [-0.25, -0.2) is 0 Å². The molecular formula is C11H22N2. The minimum absolute atomic E-state index is 0.593. The summed E-state index contributed by atoms with van der Waals surface area (Å²) in [5, 5.41) is 7.93. The van der Waals surface area contributed by atoms with Crippen LogP contribution < -0.4 is 0 Å². The van der Waals surface area contributed by atoms with Gasteiger partial charge in [-0.1, -0.05) is 13.8 Å². The second-order valence-electron chi connectivity index (χ2n) is 4.38. The molecule has 0 spiro atoms. The molecule has 1 N–H and O–H groups in total. The zero-order chi connectivity index (χ0) is 9.84. The maximum Gasteiger partial charge on any atom is 0.0960 e. The number of rotatable bonds is 2.